The van der Waals surface area contributed by atoms with Gasteiger partial charge in [-0.1, -0.05) is 0 Å². The molecule has 1 heterocycles. The fraction of sp³-hybridized carbons (Fsp3) is 1.00. The van der Waals surface area contributed by atoms with E-state index in [4.69, 9.17) is 9.29 Å². The summed E-state index contributed by atoms with van der Waals surface area (Å²) in [5.74, 6) is 0.472. The molecule has 1 rings (SSSR count). The Hall–Kier alpha value is -0.130. The Morgan fingerprint density at radius 3 is 2.46 bits per heavy atom. The minimum Gasteiger partial charge on any atom is -0.381 e. The Morgan fingerprint density at radius 2 is 1.92 bits per heavy atom. The molecule has 0 aromatic heterocycles. The van der Waals surface area contributed by atoms with Gasteiger partial charge >= 0.3 is 0 Å². The Bertz CT molecular complexity index is 229. The van der Waals surface area contributed by atoms with E-state index in [2.05, 4.69) is 0 Å². The molecule has 0 atom stereocenters. The van der Waals surface area contributed by atoms with Crippen LogP contribution in [-0.4, -0.2) is 31.9 Å². The van der Waals surface area contributed by atoms with Gasteiger partial charge in [-0.3, -0.25) is 4.55 Å². The van der Waals surface area contributed by atoms with Crippen molar-refractivity contribution < 1.29 is 17.7 Å². The molecule has 5 heteroatoms. The smallest absolute Gasteiger partial charge is 0.264 e. The van der Waals surface area contributed by atoms with Gasteiger partial charge in [-0.25, -0.2) is 0 Å². The average molecular weight is 208 g/mol. The third kappa shape index (κ3) is 5.23. The first kappa shape index (κ1) is 10.9. The molecule has 0 spiro atoms. The maximum atomic E-state index is 10.4. The van der Waals surface area contributed by atoms with Gasteiger partial charge in [0.2, 0.25) is 0 Å². The van der Waals surface area contributed by atoms with Gasteiger partial charge in [-0.05, 0) is 31.6 Å². The zero-order valence-corrected chi connectivity index (χ0v) is 8.42. The predicted octanol–water partition coefficient (Wildman–Crippen LogP) is 1.08. The summed E-state index contributed by atoms with van der Waals surface area (Å²) in [4.78, 5) is 0. The van der Waals surface area contributed by atoms with Crippen molar-refractivity contribution in [3.8, 4) is 0 Å². The minimum atomic E-state index is -3.76. The molecule has 1 fully saturated rings. The molecule has 0 aromatic carbocycles. The summed E-state index contributed by atoms with van der Waals surface area (Å²) < 4.78 is 34.5. The molecule has 1 saturated heterocycles. The van der Waals surface area contributed by atoms with Crippen molar-refractivity contribution in [2.24, 2.45) is 5.92 Å². The summed E-state index contributed by atoms with van der Waals surface area (Å²) in [7, 11) is -3.76. The van der Waals surface area contributed by atoms with Crippen LogP contribution in [0, 0.1) is 5.92 Å². The summed E-state index contributed by atoms with van der Waals surface area (Å²) >= 11 is 0. The molecule has 0 radical (unpaired) electrons. The van der Waals surface area contributed by atoms with Gasteiger partial charge in [0.05, 0.1) is 5.75 Å². The van der Waals surface area contributed by atoms with E-state index in [-0.39, 0.29) is 5.75 Å². The lowest BCUT2D eigenvalue weighted by atomic mass is 9.95. The fourth-order valence-corrected chi connectivity index (χ4v) is 2.12. The molecule has 0 bridgehead atoms. The zero-order valence-electron chi connectivity index (χ0n) is 7.61. The lowest BCUT2D eigenvalue weighted by molar-refractivity contribution is 0.0637. The second-order valence-electron chi connectivity index (χ2n) is 3.48. The Morgan fingerprint density at radius 1 is 1.31 bits per heavy atom. The van der Waals surface area contributed by atoms with Crippen LogP contribution in [0.15, 0.2) is 0 Å². The van der Waals surface area contributed by atoms with E-state index in [0.29, 0.717) is 12.3 Å². The van der Waals surface area contributed by atoms with Gasteiger partial charge in [0.25, 0.3) is 10.1 Å². The topological polar surface area (TPSA) is 63.6 Å². The maximum absolute atomic E-state index is 10.4. The van der Waals surface area contributed by atoms with Gasteiger partial charge in [-0.2, -0.15) is 8.42 Å². The molecular formula is C8H16O4S. The van der Waals surface area contributed by atoms with Crippen molar-refractivity contribution in [3.63, 3.8) is 0 Å². The molecule has 1 aliphatic heterocycles. The lowest BCUT2D eigenvalue weighted by Gasteiger charge is -2.21. The molecule has 78 valence electrons. The number of ether oxygens (including phenoxy) is 1. The highest BCUT2D eigenvalue weighted by Gasteiger charge is 2.14. The van der Waals surface area contributed by atoms with E-state index in [1.807, 2.05) is 0 Å². The Labute approximate surface area is 79.0 Å². The minimum absolute atomic E-state index is 0.107. The van der Waals surface area contributed by atoms with Crippen molar-refractivity contribution >= 4 is 10.1 Å². The Balaban J connectivity index is 2.11. The normalized spacial score (nSPS) is 20.4. The number of hydrogen-bond donors (Lipinski definition) is 1. The molecule has 13 heavy (non-hydrogen) atoms. The SMILES string of the molecule is O=S(=O)(O)CCCC1CCOCC1. The van der Waals surface area contributed by atoms with Gasteiger partial charge in [0.15, 0.2) is 0 Å². The summed E-state index contributed by atoms with van der Waals surface area (Å²) in [5.41, 5.74) is 0. The highest BCUT2D eigenvalue weighted by atomic mass is 32.2. The van der Waals surface area contributed by atoms with Crippen LogP contribution in [0.2, 0.25) is 0 Å². The first-order valence-corrected chi connectivity index (χ1v) is 6.22. The maximum Gasteiger partial charge on any atom is 0.264 e. The van der Waals surface area contributed by atoms with Crippen LogP contribution in [-0.2, 0) is 14.9 Å². The molecule has 1 N–H and O–H groups in total. The second kappa shape index (κ2) is 4.93. The third-order valence-electron chi connectivity index (χ3n) is 2.36. The molecular weight excluding hydrogens is 192 g/mol. The third-order valence-corrected chi connectivity index (χ3v) is 3.16. The highest BCUT2D eigenvalue weighted by molar-refractivity contribution is 7.85. The summed E-state index contributed by atoms with van der Waals surface area (Å²) in [6.07, 6.45) is 3.48. The van der Waals surface area contributed by atoms with Crippen LogP contribution in [0.1, 0.15) is 25.7 Å². The van der Waals surface area contributed by atoms with Gasteiger partial charge < -0.3 is 4.74 Å². The molecule has 1 aliphatic rings. The fourth-order valence-electron chi connectivity index (χ4n) is 1.59. The molecule has 4 nitrogen and oxygen atoms in total. The molecule has 0 saturated carbocycles. The van der Waals surface area contributed by atoms with Gasteiger partial charge in [-0.15, -0.1) is 0 Å². The van der Waals surface area contributed by atoms with Crippen molar-refractivity contribution in [3.05, 3.63) is 0 Å². The first-order chi connectivity index (χ1) is 6.08. The van der Waals surface area contributed by atoms with Gasteiger partial charge in [0.1, 0.15) is 0 Å². The molecule has 0 aromatic rings. The standard InChI is InChI=1S/C8H16O4S/c9-13(10,11)7-1-2-8-3-5-12-6-4-8/h8H,1-7H2,(H,9,10,11). The first-order valence-electron chi connectivity index (χ1n) is 4.61. The van der Waals surface area contributed by atoms with Crippen LogP contribution in [0.3, 0.4) is 0 Å². The zero-order chi connectivity index (χ0) is 9.73. The van der Waals surface area contributed by atoms with E-state index in [1.165, 1.54) is 0 Å². The Kier molecular flexibility index (Phi) is 4.15. The van der Waals surface area contributed by atoms with Crippen LogP contribution in [0.25, 0.3) is 0 Å². The largest absolute Gasteiger partial charge is 0.381 e. The summed E-state index contributed by atoms with van der Waals surface area (Å²) in [5, 5.41) is 0. The highest BCUT2D eigenvalue weighted by Crippen LogP contribution is 2.19. The monoisotopic (exact) mass is 208 g/mol. The molecule has 0 aliphatic carbocycles. The number of rotatable bonds is 4. The van der Waals surface area contributed by atoms with E-state index in [0.717, 1.165) is 32.5 Å². The van der Waals surface area contributed by atoms with Gasteiger partial charge in [0, 0.05) is 13.2 Å². The van der Waals surface area contributed by atoms with Crippen LogP contribution in [0.5, 0.6) is 0 Å². The summed E-state index contributed by atoms with van der Waals surface area (Å²) in [6, 6.07) is 0. The molecule has 0 amide bonds. The lowest BCUT2D eigenvalue weighted by Crippen LogP contribution is -2.16. The number of hydrogen-bond acceptors (Lipinski definition) is 3. The van der Waals surface area contributed by atoms with E-state index >= 15 is 0 Å². The quantitative estimate of drug-likeness (QED) is 0.702. The van der Waals surface area contributed by atoms with Crippen LogP contribution < -0.4 is 0 Å². The van der Waals surface area contributed by atoms with Crippen molar-refractivity contribution in [2.45, 2.75) is 25.7 Å². The molecule has 0 unspecified atom stereocenters. The van der Waals surface area contributed by atoms with Crippen molar-refractivity contribution in [1.82, 2.24) is 0 Å². The van der Waals surface area contributed by atoms with E-state index in [9.17, 15) is 8.42 Å². The van der Waals surface area contributed by atoms with Crippen molar-refractivity contribution in [2.75, 3.05) is 19.0 Å². The van der Waals surface area contributed by atoms with E-state index < -0.39 is 10.1 Å². The van der Waals surface area contributed by atoms with Crippen molar-refractivity contribution in [1.29, 1.82) is 0 Å². The van der Waals surface area contributed by atoms with Crippen LogP contribution >= 0.6 is 0 Å². The predicted molar refractivity (Wildman–Crippen MR) is 49.2 cm³/mol. The average Bonchev–Trinajstić information content (AvgIpc) is 2.04. The van der Waals surface area contributed by atoms with E-state index in [1.54, 1.807) is 0 Å². The second-order valence-corrected chi connectivity index (χ2v) is 5.06. The summed E-state index contributed by atoms with van der Waals surface area (Å²) in [6.45, 7) is 1.58. The van der Waals surface area contributed by atoms with Crippen LogP contribution in [0.4, 0.5) is 0 Å².